The molecule has 0 bridgehead atoms. The SMILES string of the molecule is CCC[CH2][Sn]([CH2]CCC)([CH2]CCC)[CH2]C(CC(=O)c1ccccc1)C(=O)OC. The van der Waals surface area contributed by atoms with Crippen molar-refractivity contribution in [1.29, 1.82) is 0 Å². The normalized spacial score (nSPS) is 12.6. The number of ketones is 1. The van der Waals surface area contributed by atoms with Crippen LogP contribution in [0.4, 0.5) is 0 Å². The van der Waals surface area contributed by atoms with E-state index < -0.39 is 18.4 Å². The van der Waals surface area contributed by atoms with Crippen LogP contribution in [0, 0.1) is 5.92 Å². The summed E-state index contributed by atoms with van der Waals surface area (Å²) in [6, 6.07) is 9.37. The van der Waals surface area contributed by atoms with Crippen LogP contribution >= 0.6 is 0 Å². The number of methoxy groups -OCH3 is 1. The van der Waals surface area contributed by atoms with Crippen molar-refractivity contribution in [2.24, 2.45) is 5.92 Å². The van der Waals surface area contributed by atoms with Gasteiger partial charge < -0.3 is 0 Å². The number of hydrogen-bond donors (Lipinski definition) is 0. The Hall–Kier alpha value is -0.841. The second-order valence-corrected chi connectivity index (χ2v) is 22.2. The molecule has 0 spiro atoms. The van der Waals surface area contributed by atoms with Crippen molar-refractivity contribution < 1.29 is 14.3 Å². The molecule has 1 atom stereocenters. The van der Waals surface area contributed by atoms with Gasteiger partial charge >= 0.3 is 177 Å². The van der Waals surface area contributed by atoms with Gasteiger partial charge in [0.1, 0.15) is 0 Å². The Kier molecular flexibility index (Phi) is 12.8. The van der Waals surface area contributed by atoms with Gasteiger partial charge in [-0.25, -0.2) is 0 Å². The first-order valence-corrected chi connectivity index (χ1v) is 19.2. The molecule has 0 saturated carbocycles. The molecule has 0 amide bonds. The molecule has 28 heavy (non-hydrogen) atoms. The van der Waals surface area contributed by atoms with Crippen LogP contribution in [0.5, 0.6) is 0 Å². The molecule has 1 rings (SSSR count). The number of hydrogen-bond acceptors (Lipinski definition) is 3. The Bertz CT molecular complexity index is 549. The standard InChI is InChI=1S/C12H13O3.3C4H9.Sn/c1-9(12(14)15-2)8-11(13)10-6-4-3-5-7-10;3*1-3-4-2;/h3-7,9H,1,8H2,2H3;3*1,3-4H2,2H3;. The van der Waals surface area contributed by atoms with Crippen molar-refractivity contribution in [1.82, 2.24) is 0 Å². The quantitative estimate of drug-likeness (QED) is 0.151. The summed E-state index contributed by atoms with van der Waals surface area (Å²) in [6.07, 6.45) is 7.73. The minimum absolute atomic E-state index is 0.0673. The Morgan fingerprint density at radius 2 is 1.39 bits per heavy atom. The maximum absolute atomic E-state index is 12.8. The molecule has 4 heteroatoms. The third-order valence-electron chi connectivity index (χ3n) is 5.92. The van der Waals surface area contributed by atoms with Crippen molar-refractivity contribution >= 4 is 30.1 Å². The molecule has 0 aliphatic heterocycles. The second kappa shape index (κ2) is 14.2. The van der Waals surface area contributed by atoms with E-state index in [0.29, 0.717) is 12.0 Å². The fraction of sp³-hybridized carbons (Fsp3) is 0.667. The number of carbonyl (C=O) groups excluding carboxylic acids is 2. The van der Waals surface area contributed by atoms with E-state index in [0.717, 1.165) is 4.44 Å². The molecule has 0 aliphatic rings. The summed E-state index contributed by atoms with van der Waals surface area (Å²) in [5, 5.41) is 0. The average molecular weight is 495 g/mol. The van der Waals surface area contributed by atoms with E-state index in [9.17, 15) is 9.59 Å². The van der Waals surface area contributed by atoms with Gasteiger partial charge in [-0.1, -0.05) is 0 Å². The molecule has 0 saturated heterocycles. The topological polar surface area (TPSA) is 43.4 Å². The van der Waals surface area contributed by atoms with Gasteiger partial charge in [0.05, 0.1) is 0 Å². The van der Waals surface area contributed by atoms with E-state index in [-0.39, 0.29) is 17.7 Å². The van der Waals surface area contributed by atoms with Crippen molar-refractivity contribution in [3.63, 3.8) is 0 Å². The molecule has 0 N–H and O–H groups in total. The molecule has 0 aliphatic carbocycles. The maximum atomic E-state index is 12.8. The molecule has 0 radical (unpaired) electrons. The summed E-state index contributed by atoms with van der Waals surface area (Å²) in [5.74, 6) is -0.383. The van der Waals surface area contributed by atoms with Crippen LogP contribution in [-0.2, 0) is 9.53 Å². The van der Waals surface area contributed by atoms with Gasteiger partial charge in [0.15, 0.2) is 0 Å². The Morgan fingerprint density at radius 1 is 0.893 bits per heavy atom. The number of Topliss-reactive ketones (excluding diaryl/α,β-unsaturated/α-hetero) is 1. The molecule has 0 heterocycles. The average Bonchev–Trinajstić information content (AvgIpc) is 2.74. The van der Waals surface area contributed by atoms with Crippen LogP contribution in [-0.4, -0.2) is 37.2 Å². The molecular formula is C24H40O3Sn. The summed E-state index contributed by atoms with van der Waals surface area (Å²) in [4.78, 5) is 25.5. The molecule has 3 nitrogen and oxygen atoms in total. The summed E-state index contributed by atoms with van der Waals surface area (Å²) >= 11 is -2.52. The summed E-state index contributed by atoms with van der Waals surface area (Å²) in [5.41, 5.74) is 0.702. The van der Waals surface area contributed by atoms with Crippen molar-refractivity contribution in [3.8, 4) is 0 Å². The zero-order valence-corrected chi connectivity index (χ0v) is 21.3. The van der Waals surface area contributed by atoms with E-state index in [1.165, 1.54) is 58.9 Å². The molecule has 1 aromatic rings. The van der Waals surface area contributed by atoms with Crippen molar-refractivity contribution in [3.05, 3.63) is 35.9 Å². The third-order valence-corrected chi connectivity index (χ3v) is 21.9. The van der Waals surface area contributed by atoms with Gasteiger partial charge in [0, 0.05) is 0 Å². The molecule has 0 fully saturated rings. The van der Waals surface area contributed by atoms with Crippen LogP contribution in [0.3, 0.4) is 0 Å². The Balaban J connectivity index is 3.05. The van der Waals surface area contributed by atoms with Crippen molar-refractivity contribution in [2.45, 2.75) is 83.5 Å². The summed E-state index contributed by atoms with van der Waals surface area (Å²) < 4.78 is 10.2. The molecular weight excluding hydrogens is 455 g/mol. The van der Waals surface area contributed by atoms with E-state index >= 15 is 0 Å². The van der Waals surface area contributed by atoms with Gasteiger partial charge in [-0.3, -0.25) is 0 Å². The number of rotatable bonds is 15. The van der Waals surface area contributed by atoms with E-state index in [2.05, 4.69) is 20.8 Å². The molecule has 0 aromatic heterocycles. The van der Waals surface area contributed by atoms with Gasteiger partial charge in [0.25, 0.3) is 0 Å². The van der Waals surface area contributed by atoms with Crippen LogP contribution in [0.15, 0.2) is 30.3 Å². The molecule has 1 aromatic carbocycles. The third kappa shape index (κ3) is 8.67. The zero-order valence-electron chi connectivity index (χ0n) is 18.5. The number of esters is 1. The van der Waals surface area contributed by atoms with Crippen LogP contribution in [0.25, 0.3) is 0 Å². The fourth-order valence-electron chi connectivity index (χ4n) is 4.23. The van der Waals surface area contributed by atoms with Gasteiger partial charge in [-0.05, 0) is 0 Å². The summed E-state index contributed by atoms with van der Waals surface area (Å²) in [7, 11) is 1.46. The fourth-order valence-corrected chi connectivity index (χ4v) is 21.4. The Morgan fingerprint density at radius 3 is 1.82 bits per heavy atom. The molecule has 158 valence electrons. The van der Waals surface area contributed by atoms with Crippen molar-refractivity contribution in [2.75, 3.05) is 7.11 Å². The van der Waals surface area contributed by atoms with E-state index in [1.807, 2.05) is 30.3 Å². The van der Waals surface area contributed by atoms with Crippen LogP contribution in [0.1, 0.15) is 76.1 Å². The van der Waals surface area contributed by atoms with Crippen LogP contribution in [0.2, 0.25) is 17.7 Å². The number of carbonyl (C=O) groups is 2. The minimum atomic E-state index is -2.52. The molecule has 1 unspecified atom stereocenters. The van der Waals surface area contributed by atoms with Crippen LogP contribution < -0.4 is 0 Å². The van der Waals surface area contributed by atoms with Gasteiger partial charge in [-0.15, -0.1) is 0 Å². The van der Waals surface area contributed by atoms with Gasteiger partial charge in [-0.2, -0.15) is 0 Å². The predicted molar refractivity (Wildman–Crippen MR) is 121 cm³/mol. The number of unbranched alkanes of at least 4 members (excludes halogenated alkanes) is 3. The number of ether oxygens (including phenoxy) is 1. The number of benzene rings is 1. The second-order valence-electron chi connectivity index (χ2n) is 8.23. The zero-order chi connectivity index (χ0) is 20.8. The van der Waals surface area contributed by atoms with Gasteiger partial charge in [0.2, 0.25) is 0 Å². The Labute approximate surface area is 176 Å². The van der Waals surface area contributed by atoms with E-state index in [1.54, 1.807) is 0 Å². The first-order chi connectivity index (χ1) is 13.5. The predicted octanol–water partition coefficient (Wildman–Crippen LogP) is 6.90. The van der Waals surface area contributed by atoms with E-state index in [4.69, 9.17) is 4.74 Å². The summed E-state index contributed by atoms with van der Waals surface area (Å²) in [6.45, 7) is 6.77. The first kappa shape index (κ1) is 25.2. The monoisotopic (exact) mass is 496 g/mol. The first-order valence-electron chi connectivity index (χ1n) is 11.2.